The Morgan fingerprint density at radius 2 is 0.964 bits per heavy atom. The first-order valence-corrected chi connectivity index (χ1v) is 10.7. The van der Waals surface area contributed by atoms with Gasteiger partial charge in [-0.2, -0.15) is 0 Å². The van der Waals surface area contributed by atoms with Crippen LogP contribution in [0.4, 0.5) is 0 Å². The molecule has 0 radical (unpaired) electrons. The number of rotatable bonds is 3. The summed E-state index contributed by atoms with van der Waals surface area (Å²) < 4.78 is 17.8. The fraction of sp³-hybridized carbons (Fsp3) is 0.188. The SMILES string of the molecule is CN(C)C(=O)C(c1ccccc1)c1ccccc1.O=P(O)(O)O.O=P(O)(O)O. The predicted molar refractivity (Wildman–Crippen MR) is 102 cm³/mol. The molecule has 2 aromatic carbocycles. The van der Waals surface area contributed by atoms with Gasteiger partial charge in [0.25, 0.3) is 0 Å². The van der Waals surface area contributed by atoms with E-state index in [4.69, 9.17) is 38.5 Å². The molecule has 156 valence electrons. The minimum atomic E-state index is -4.64. The largest absolute Gasteiger partial charge is 0.466 e. The number of carbonyl (C=O) groups excluding carboxylic acids is 1. The van der Waals surface area contributed by atoms with E-state index in [1.165, 1.54) is 0 Å². The average molecular weight is 435 g/mol. The Hall–Kier alpha value is -1.87. The van der Waals surface area contributed by atoms with Gasteiger partial charge in [-0.1, -0.05) is 60.7 Å². The van der Waals surface area contributed by atoms with E-state index in [2.05, 4.69) is 0 Å². The Kier molecular flexibility index (Phi) is 11.1. The Morgan fingerprint density at radius 1 is 0.714 bits per heavy atom. The fourth-order valence-electron chi connectivity index (χ4n) is 2.03. The molecule has 0 heterocycles. The Labute approximate surface area is 162 Å². The molecule has 0 aliphatic carbocycles. The van der Waals surface area contributed by atoms with Crippen LogP contribution in [0, 0.1) is 0 Å². The Balaban J connectivity index is 0.000000607. The maximum atomic E-state index is 12.4. The molecule has 0 unspecified atom stereocenters. The van der Waals surface area contributed by atoms with Gasteiger partial charge < -0.3 is 34.3 Å². The molecule has 0 saturated heterocycles. The van der Waals surface area contributed by atoms with Crippen molar-refractivity contribution in [3.8, 4) is 0 Å². The van der Waals surface area contributed by atoms with Crippen LogP contribution in [-0.4, -0.2) is 54.3 Å². The van der Waals surface area contributed by atoms with Crippen LogP contribution in [0.2, 0.25) is 0 Å². The highest BCUT2D eigenvalue weighted by Crippen LogP contribution is 2.27. The van der Waals surface area contributed by atoms with E-state index in [0.29, 0.717) is 0 Å². The normalized spacial score (nSPS) is 10.9. The van der Waals surface area contributed by atoms with Crippen LogP contribution in [-0.2, 0) is 13.9 Å². The molecule has 0 spiro atoms. The van der Waals surface area contributed by atoms with E-state index in [1.807, 2.05) is 60.7 Å². The Bertz CT molecular complexity index is 727. The number of likely N-dealkylation sites (N-methyl/N-ethyl adjacent to an activating group) is 1. The molecule has 28 heavy (non-hydrogen) atoms. The lowest BCUT2D eigenvalue weighted by Crippen LogP contribution is -2.28. The van der Waals surface area contributed by atoms with Crippen LogP contribution in [0.5, 0.6) is 0 Å². The van der Waals surface area contributed by atoms with Crippen molar-refractivity contribution in [2.75, 3.05) is 14.1 Å². The number of benzene rings is 2. The van der Waals surface area contributed by atoms with Gasteiger partial charge in [-0.3, -0.25) is 4.79 Å². The van der Waals surface area contributed by atoms with Crippen molar-refractivity contribution in [2.24, 2.45) is 0 Å². The third-order valence-corrected chi connectivity index (χ3v) is 2.95. The number of hydrogen-bond donors (Lipinski definition) is 6. The van der Waals surface area contributed by atoms with Crippen LogP contribution in [0.1, 0.15) is 17.0 Å². The van der Waals surface area contributed by atoms with Crippen LogP contribution in [0.3, 0.4) is 0 Å². The van der Waals surface area contributed by atoms with Gasteiger partial charge in [-0.15, -0.1) is 0 Å². The third kappa shape index (κ3) is 14.2. The molecular formula is C16H23NO9P2. The van der Waals surface area contributed by atoms with Crippen molar-refractivity contribution in [1.82, 2.24) is 4.90 Å². The van der Waals surface area contributed by atoms with Gasteiger partial charge in [0.1, 0.15) is 0 Å². The number of phosphoric acid groups is 2. The standard InChI is InChI=1S/C16H17NO.2H3O4P/c1-17(2)16(18)15(13-9-5-3-6-10-13)14-11-7-4-8-12-14;2*1-5(2,3)4/h3-12,15H,1-2H3;2*(H3,1,2,3,4). The number of amides is 1. The van der Waals surface area contributed by atoms with Gasteiger partial charge in [0.2, 0.25) is 5.91 Å². The zero-order valence-electron chi connectivity index (χ0n) is 15.1. The summed E-state index contributed by atoms with van der Waals surface area (Å²) in [6.07, 6.45) is 0. The summed E-state index contributed by atoms with van der Waals surface area (Å²) >= 11 is 0. The van der Waals surface area contributed by atoms with Crippen LogP contribution in [0.15, 0.2) is 60.7 Å². The molecule has 0 saturated carbocycles. The van der Waals surface area contributed by atoms with Crippen molar-refractivity contribution in [1.29, 1.82) is 0 Å². The second kappa shape index (κ2) is 11.9. The summed E-state index contributed by atoms with van der Waals surface area (Å²) in [4.78, 5) is 57.1. The highest BCUT2D eigenvalue weighted by Gasteiger charge is 2.23. The first-order valence-electron chi connectivity index (χ1n) is 7.57. The van der Waals surface area contributed by atoms with Gasteiger partial charge in [-0.05, 0) is 11.1 Å². The molecule has 0 atom stereocenters. The van der Waals surface area contributed by atoms with Crippen LogP contribution < -0.4 is 0 Å². The number of nitrogens with zero attached hydrogens (tertiary/aromatic N) is 1. The predicted octanol–water partition coefficient (Wildman–Crippen LogP) is 1.05. The maximum absolute atomic E-state index is 12.4. The van der Waals surface area contributed by atoms with Gasteiger partial charge in [0.05, 0.1) is 5.92 Å². The third-order valence-electron chi connectivity index (χ3n) is 2.95. The highest BCUT2D eigenvalue weighted by molar-refractivity contribution is 7.45. The van der Waals surface area contributed by atoms with Crippen molar-refractivity contribution in [2.45, 2.75) is 5.92 Å². The first-order chi connectivity index (χ1) is 12.7. The van der Waals surface area contributed by atoms with Crippen molar-refractivity contribution in [3.63, 3.8) is 0 Å². The van der Waals surface area contributed by atoms with Crippen molar-refractivity contribution < 1.29 is 43.3 Å². The van der Waals surface area contributed by atoms with Gasteiger partial charge >= 0.3 is 15.6 Å². The molecule has 6 N–H and O–H groups in total. The molecule has 2 aromatic rings. The lowest BCUT2D eigenvalue weighted by atomic mass is 9.90. The molecule has 10 nitrogen and oxygen atoms in total. The zero-order chi connectivity index (χ0) is 22.0. The van der Waals surface area contributed by atoms with Crippen molar-refractivity contribution >= 4 is 21.6 Å². The molecule has 2 rings (SSSR count). The minimum Gasteiger partial charge on any atom is -0.348 e. The Morgan fingerprint density at radius 3 is 1.18 bits per heavy atom. The summed E-state index contributed by atoms with van der Waals surface area (Å²) in [6.45, 7) is 0. The quantitative estimate of drug-likeness (QED) is 0.385. The first kappa shape index (κ1) is 26.1. The van der Waals surface area contributed by atoms with E-state index in [0.717, 1.165) is 11.1 Å². The molecule has 0 aliphatic rings. The average Bonchev–Trinajstić information content (AvgIpc) is 2.54. The summed E-state index contributed by atoms with van der Waals surface area (Å²) in [5.74, 6) is -0.116. The van der Waals surface area contributed by atoms with Crippen LogP contribution >= 0.6 is 15.6 Å². The second-order valence-corrected chi connectivity index (χ2v) is 7.57. The highest BCUT2D eigenvalue weighted by atomic mass is 31.2. The fourth-order valence-corrected chi connectivity index (χ4v) is 2.03. The van der Waals surface area contributed by atoms with Gasteiger partial charge in [0.15, 0.2) is 0 Å². The summed E-state index contributed by atoms with van der Waals surface area (Å²) in [6, 6.07) is 19.8. The number of hydrogen-bond acceptors (Lipinski definition) is 3. The molecular weight excluding hydrogens is 412 g/mol. The topological polar surface area (TPSA) is 176 Å². The van der Waals surface area contributed by atoms with Crippen molar-refractivity contribution in [3.05, 3.63) is 71.8 Å². The van der Waals surface area contributed by atoms with E-state index in [1.54, 1.807) is 19.0 Å². The summed E-state index contributed by atoms with van der Waals surface area (Å²) in [5.41, 5.74) is 2.06. The monoisotopic (exact) mass is 435 g/mol. The van der Waals surface area contributed by atoms with E-state index in [-0.39, 0.29) is 11.8 Å². The smallest absolute Gasteiger partial charge is 0.348 e. The minimum absolute atomic E-state index is 0.104. The maximum Gasteiger partial charge on any atom is 0.466 e. The number of carbonyl (C=O) groups is 1. The molecule has 0 aromatic heterocycles. The van der Waals surface area contributed by atoms with Gasteiger partial charge in [-0.25, -0.2) is 9.13 Å². The lowest BCUT2D eigenvalue weighted by molar-refractivity contribution is -0.129. The van der Waals surface area contributed by atoms with E-state index < -0.39 is 15.6 Å². The van der Waals surface area contributed by atoms with Crippen LogP contribution in [0.25, 0.3) is 0 Å². The lowest BCUT2D eigenvalue weighted by Gasteiger charge is -2.21. The second-order valence-electron chi connectivity index (χ2n) is 5.51. The zero-order valence-corrected chi connectivity index (χ0v) is 16.9. The summed E-state index contributed by atoms with van der Waals surface area (Å²) in [7, 11) is -5.69. The molecule has 1 amide bonds. The summed E-state index contributed by atoms with van der Waals surface area (Å²) in [5, 5.41) is 0. The molecule has 0 bridgehead atoms. The van der Waals surface area contributed by atoms with Gasteiger partial charge in [0, 0.05) is 14.1 Å². The molecule has 0 fully saturated rings. The van der Waals surface area contributed by atoms with E-state index in [9.17, 15) is 4.79 Å². The van der Waals surface area contributed by atoms with E-state index >= 15 is 0 Å². The molecule has 0 aliphatic heterocycles. The molecule has 12 heteroatoms.